The number of nitrogens with zero attached hydrogens (tertiary/aromatic N) is 1. The molecule has 32 heavy (non-hydrogen) atoms. The molecule has 14 heteroatoms. The normalized spacial score (nSPS) is 13.4. The Morgan fingerprint density at radius 3 is 2.09 bits per heavy atom. The Morgan fingerprint density at radius 1 is 0.969 bits per heavy atom. The second kappa shape index (κ2) is 14.6. The van der Waals surface area contributed by atoms with Crippen LogP contribution in [0.25, 0.3) is 0 Å². The van der Waals surface area contributed by atoms with Crippen LogP contribution in [0.5, 0.6) is 0 Å². The molecule has 0 radical (unpaired) electrons. The zero-order valence-corrected chi connectivity index (χ0v) is 18.3. The van der Waals surface area contributed by atoms with Crippen molar-refractivity contribution >= 4 is 35.6 Å². The number of carbonyl (C=O) groups is 5. The molecule has 3 unspecified atom stereocenters. The highest BCUT2D eigenvalue weighted by molar-refractivity contribution is 5.93. The van der Waals surface area contributed by atoms with Gasteiger partial charge in [-0.05, 0) is 25.2 Å². The van der Waals surface area contributed by atoms with E-state index in [-0.39, 0.29) is 24.7 Å². The molecule has 182 valence electrons. The number of nitrogens with one attached hydrogen (secondary N) is 3. The van der Waals surface area contributed by atoms with Gasteiger partial charge in [0.1, 0.15) is 12.1 Å². The highest BCUT2D eigenvalue weighted by Gasteiger charge is 2.26. The van der Waals surface area contributed by atoms with Crippen molar-refractivity contribution in [3.8, 4) is 0 Å². The minimum Gasteiger partial charge on any atom is -0.480 e. The Bertz CT molecular complexity index is 708. The molecule has 0 saturated heterocycles. The lowest BCUT2D eigenvalue weighted by atomic mass is 10.0. The fraction of sp³-hybridized carbons (Fsp3) is 0.667. The first-order chi connectivity index (χ1) is 14.8. The molecule has 3 atom stereocenters. The maximum Gasteiger partial charge on any atom is 0.326 e. The first kappa shape index (κ1) is 28.6. The highest BCUT2D eigenvalue weighted by Crippen LogP contribution is 2.06. The third kappa shape index (κ3) is 13.0. The molecule has 0 aliphatic heterocycles. The number of primary amides is 1. The molecule has 0 aromatic heterocycles. The van der Waals surface area contributed by atoms with Gasteiger partial charge >= 0.3 is 5.97 Å². The molecule has 0 heterocycles. The van der Waals surface area contributed by atoms with Gasteiger partial charge in [-0.25, -0.2) is 4.79 Å². The largest absolute Gasteiger partial charge is 0.480 e. The average molecular weight is 459 g/mol. The highest BCUT2D eigenvalue weighted by atomic mass is 16.4. The number of carboxylic acids is 1. The van der Waals surface area contributed by atoms with E-state index in [0.29, 0.717) is 13.0 Å². The summed E-state index contributed by atoms with van der Waals surface area (Å²) in [6.07, 6.45) is 0.433. The van der Waals surface area contributed by atoms with Crippen molar-refractivity contribution < 1.29 is 29.1 Å². The number of amides is 4. The Kier molecular flexibility index (Phi) is 13.0. The van der Waals surface area contributed by atoms with Gasteiger partial charge in [-0.3, -0.25) is 24.2 Å². The summed E-state index contributed by atoms with van der Waals surface area (Å²) in [5, 5.41) is 16.0. The lowest BCUT2D eigenvalue weighted by Gasteiger charge is -2.22. The van der Waals surface area contributed by atoms with Crippen molar-refractivity contribution in [2.24, 2.45) is 33.8 Å². The number of aliphatic carboxylic acids is 1. The van der Waals surface area contributed by atoms with Gasteiger partial charge in [-0.1, -0.05) is 13.8 Å². The molecular weight excluding hydrogens is 424 g/mol. The maximum atomic E-state index is 12.5. The number of carboxylic acid groups (broad SMARTS) is 1. The third-order valence-electron chi connectivity index (χ3n) is 4.11. The number of hydrogen-bond acceptors (Lipinski definition) is 7. The molecule has 12 N–H and O–H groups in total. The van der Waals surface area contributed by atoms with Crippen molar-refractivity contribution in [3.63, 3.8) is 0 Å². The van der Waals surface area contributed by atoms with Crippen LogP contribution in [0.3, 0.4) is 0 Å². The monoisotopic (exact) mass is 458 g/mol. The van der Waals surface area contributed by atoms with Crippen molar-refractivity contribution in [1.29, 1.82) is 0 Å². The second-order valence-corrected chi connectivity index (χ2v) is 7.59. The molecule has 0 bridgehead atoms. The summed E-state index contributed by atoms with van der Waals surface area (Å²) in [5.74, 6) is -4.41. The molecule has 0 aromatic carbocycles. The quantitative estimate of drug-likeness (QED) is 0.0685. The van der Waals surface area contributed by atoms with Crippen LogP contribution in [0, 0.1) is 5.92 Å². The van der Waals surface area contributed by atoms with E-state index in [1.54, 1.807) is 0 Å². The Hall–Kier alpha value is -3.42. The number of guanidine groups is 1. The van der Waals surface area contributed by atoms with Crippen LogP contribution in [0.15, 0.2) is 4.99 Å². The molecule has 0 aromatic rings. The molecule has 0 aliphatic rings. The van der Waals surface area contributed by atoms with Crippen LogP contribution in [-0.4, -0.2) is 71.9 Å². The predicted molar refractivity (Wildman–Crippen MR) is 116 cm³/mol. The minimum absolute atomic E-state index is 0.0323. The number of nitrogens with two attached hydrogens (primary N) is 4. The summed E-state index contributed by atoms with van der Waals surface area (Å²) in [6, 6.07) is -3.36. The fourth-order valence-electron chi connectivity index (χ4n) is 2.57. The lowest BCUT2D eigenvalue weighted by molar-refractivity contribution is -0.143. The summed E-state index contributed by atoms with van der Waals surface area (Å²) >= 11 is 0. The molecular formula is C18H34N8O6. The van der Waals surface area contributed by atoms with E-state index < -0.39 is 60.7 Å². The number of rotatable bonds is 15. The van der Waals surface area contributed by atoms with Crippen LogP contribution in [0.1, 0.15) is 39.5 Å². The van der Waals surface area contributed by atoms with E-state index in [4.69, 9.17) is 28.0 Å². The standard InChI is InChI=1S/C18H34N8O6/c1-9(2)6-11(26-15(29)10(19)4-3-5-23-18(21)22)16(30)24-8-14(28)25-12(17(31)32)7-13(20)27/h9-12H,3-8,19H2,1-2H3,(H2,20,27)(H,24,30)(H,25,28)(H,26,29)(H,31,32)(H4,21,22,23). The third-order valence-corrected chi connectivity index (χ3v) is 4.11. The fourth-order valence-corrected chi connectivity index (χ4v) is 2.57. The van der Waals surface area contributed by atoms with E-state index in [1.807, 2.05) is 13.8 Å². The summed E-state index contributed by atoms with van der Waals surface area (Å²) in [7, 11) is 0. The molecule has 0 fully saturated rings. The van der Waals surface area contributed by atoms with Gasteiger partial charge in [0.2, 0.25) is 23.6 Å². The van der Waals surface area contributed by atoms with Gasteiger partial charge < -0.3 is 44.0 Å². The van der Waals surface area contributed by atoms with E-state index >= 15 is 0 Å². The van der Waals surface area contributed by atoms with Crippen LogP contribution in [0.4, 0.5) is 0 Å². The van der Waals surface area contributed by atoms with E-state index in [0.717, 1.165) is 0 Å². The van der Waals surface area contributed by atoms with Crippen molar-refractivity contribution in [2.45, 2.75) is 57.7 Å². The van der Waals surface area contributed by atoms with Crippen LogP contribution in [-0.2, 0) is 24.0 Å². The average Bonchev–Trinajstić information content (AvgIpc) is 2.67. The zero-order chi connectivity index (χ0) is 24.8. The van der Waals surface area contributed by atoms with Crippen molar-refractivity contribution in [1.82, 2.24) is 16.0 Å². The molecule has 4 amide bonds. The lowest BCUT2D eigenvalue weighted by Crippen LogP contribution is -2.54. The number of aliphatic imine (C=N–C) groups is 1. The smallest absolute Gasteiger partial charge is 0.326 e. The Balaban J connectivity index is 4.81. The topological polar surface area (TPSA) is 258 Å². The summed E-state index contributed by atoms with van der Waals surface area (Å²) in [6.45, 7) is 3.43. The van der Waals surface area contributed by atoms with Crippen LogP contribution >= 0.6 is 0 Å². The summed E-state index contributed by atoms with van der Waals surface area (Å²) in [4.78, 5) is 62.5. The van der Waals surface area contributed by atoms with E-state index in [1.165, 1.54) is 0 Å². The zero-order valence-electron chi connectivity index (χ0n) is 18.3. The van der Waals surface area contributed by atoms with E-state index in [9.17, 15) is 24.0 Å². The second-order valence-electron chi connectivity index (χ2n) is 7.59. The van der Waals surface area contributed by atoms with Gasteiger partial charge in [-0.15, -0.1) is 0 Å². The van der Waals surface area contributed by atoms with Gasteiger partial charge in [0, 0.05) is 6.54 Å². The maximum absolute atomic E-state index is 12.5. The molecule has 0 saturated carbocycles. The van der Waals surface area contributed by atoms with Gasteiger partial charge in [0.15, 0.2) is 5.96 Å². The molecule has 14 nitrogen and oxygen atoms in total. The summed E-state index contributed by atoms with van der Waals surface area (Å²) in [5.41, 5.74) is 21.2. The molecule has 0 rings (SSSR count). The predicted octanol–water partition coefficient (Wildman–Crippen LogP) is -3.54. The van der Waals surface area contributed by atoms with Crippen LogP contribution < -0.4 is 38.9 Å². The van der Waals surface area contributed by atoms with Gasteiger partial charge in [0.25, 0.3) is 0 Å². The molecule has 0 aliphatic carbocycles. The van der Waals surface area contributed by atoms with Gasteiger partial charge in [-0.2, -0.15) is 0 Å². The first-order valence-electron chi connectivity index (χ1n) is 10.0. The minimum atomic E-state index is -1.51. The van der Waals surface area contributed by atoms with Crippen molar-refractivity contribution in [3.05, 3.63) is 0 Å². The number of carbonyl (C=O) groups excluding carboxylic acids is 4. The van der Waals surface area contributed by atoms with E-state index in [2.05, 4.69) is 20.9 Å². The number of hydrogen-bond donors (Lipinski definition) is 8. The SMILES string of the molecule is CC(C)CC(NC(=O)C(N)CCCN=C(N)N)C(=O)NCC(=O)NC(CC(N)=O)C(=O)O. The van der Waals surface area contributed by atoms with Gasteiger partial charge in [0.05, 0.1) is 19.0 Å². The van der Waals surface area contributed by atoms with Crippen molar-refractivity contribution in [2.75, 3.05) is 13.1 Å². The Labute approximate surface area is 185 Å². The van der Waals surface area contributed by atoms with Crippen LogP contribution in [0.2, 0.25) is 0 Å². The molecule has 0 spiro atoms. The summed E-state index contributed by atoms with van der Waals surface area (Å²) < 4.78 is 0. The first-order valence-corrected chi connectivity index (χ1v) is 10.0. The Morgan fingerprint density at radius 2 is 1.59 bits per heavy atom.